The number of pyridine rings is 1. The maximum atomic E-state index is 13.0. The van der Waals surface area contributed by atoms with Crippen LogP contribution in [0.2, 0.25) is 0 Å². The molecule has 1 aliphatic carbocycles. The maximum Gasteiger partial charge on any atom is 0.259 e. The van der Waals surface area contributed by atoms with Crippen molar-refractivity contribution in [2.24, 2.45) is 0 Å². The van der Waals surface area contributed by atoms with E-state index in [2.05, 4.69) is 16.4 Å². The first-order chi connectivity index (χ1) is 16.0. The molecule has 166 valence electrons. The van der Waals surface area contributed by atoms with Crippen molar-refractivity contribution < 1.29 is 9.59 Å². The molecule has 4 rings (SSSR count). The van der Waals surface area contributed by atoms with Gasteiger partial charge < -0.3 is 16.0 Å². The van der Waals surface area contributed by atoms with Gasteiger partial charge in [-0.05, 0) is 36.6 Å². The van der Waals surface area contributed by atoms with Crippen LogP contribution in [-0.2, 0) is 11.3 Å². The smallest absolute Gasteiger partial charge is 0.259 e. The van der Waals surface area contributed by atoms with Crippen molar-refractivity contribution in [1.29, 1.82) is 5.26 Å². The minimum Gasteiger partial charge on any atom is -0.383 e. The summed E-state index contributed by atoms with van der Waals surface area (Å²) in [7, 11) is 0. The second kappa shape index (κ2) is 10.2. The lowest BCUT2D eigenvalue weighted by Gasteiger charge is -2.22. The average molecular weight is 458 g/mol. The highest BCUT2D eigenvalue weighted by molar-refractivity contribution is 8.00. The molecule has 2 amide bonds. The van der Waals surface area contributed by atoms with Crippen LogP contribution in [0, 0.1) is 11.3 Å². The largest absolute Gasteiger partial charge is 0.383 e. The number of thioether (sulfide) groups is 1. The molecule has 0 bridgehead atoms. The third kappa shape index (κ3) is 5.70. The molecule has 0 unspecified atom stereocenters. The van der Waals surface area contributed by atoms with E-state index in [9.17, 15) is 14.9 Å². The molecule has 0 aliphatic heterocycles. The summed E-state index contributed by atoms with van der Waals surface area (Å²) in [6.45, 7) is 0.560. The van der Waals surface area contributed by atoms with Crippen LogP contribution in [0.4, 0.5) is 11.5 Å². The Bertz CT molecular complexity index is 1190. The Morgan fingerprint density at radius 1 is 1.12 bits per heavy atom. The third-order valence-corrected chi connectivity index (χ3v) is 6.23. The zero-order valence-electron chi connectivity index (χ0n) is 17.9. The van der Waals surface area contributed by atoms with Crippen molar-refractivity contribution >= 4 is 35.1 Å². The highest BCUT2D eigenvalue weighted by atomic mass is 32.2. The molecule has 0 saturated heterocycles. The average Bonchev–Trinajstić information content (AvgIpc) is 3.67. The van der Waals surface area contributed by atoms with Crippen LogP contribution in [0.25, 0.3) is 0 Å². The molecule has 1 aliphatic rings. The van der Waals surface area contributed by atoms with Gasteiger partial charge in [-0.1, -0.05) is 60.3 Å². The zero-order chi connectivity index (χ0) is 23.2. The third-order valence-electron chi connectivity index (χ3n) is 5.25. The number of hydrogen-bond donors (Lipinski definition) is 2. The van der Waals surface area contributed by atoms with Gasteiger partial charge in [0.05, 0.1) is 16.9 Å². The number of benzene rings is 2. The van der Waals surface area contributed by atoms with Gasteiger partial charge in [0.1, 0.15) is 16.9 Å². The number of rotatable bonds is 8. The van der Waals surface area contributed by atoms with Crippen molar-refractivity contribution in [3.8, 4) is 6.07 Å². The predicted octanol–water partition coefficient (Wildman–Crippen LogP) is 4.07. The molecular formula is C25H23N5O2S. The Balaban J connectivity index is 1.45. The molecule has 3 N–H and O–H groups in total. The summed E-state index contributed by atoms with van der Waals surface area (Å²) in [6.07, 6.45) is 2.01. The summed E-state index contributed by atoms with van der Waals surface area (Å²) < 4.78 is 0. The number of para-hydroxylation sites is 1. The van der Waals surface area contributed by atoms with Gasteiger partial charge >= 0.3 is 0 Å². The van der Waals surface area contributed by atoms with E-state index < -0.39 is 5.91 Å². The van der Waals surface area contributed by atoms with E-state index in [0.717, 1.165) is 18.4 Å². The van der Waals surface area contributed by atoms with E-state index in [0.29, 0.717) is 17.3 Å². The fourth-order valence-corrected chi connectivity index (χ4v) is 4.25. The van der Waals surface area contributed by atoms with Crippen molar-refractivity contribution in [3.05, 3.63) is 83.4 Å². The fourth-order valence-electron chi connectivity index (χ4n) is 3.40. The minimum absolute atomic E-state index is 0.0125. The van der Waals surface area contributed by atoms with E-state index in [-0.39, 0.29) is 34.6 Å². The monoisotopic (exact) mass is 457 g/mol. The van der Waals surface area contributed by atoms with Crippen molar-refractivity contribution in [2.75, 3.05) is 16.8 Å². The van der Waals surface area contributed by atoms with E-state index in [1.54, 1.807) is 24.3 Å². The molecule has 7 nitrogen and oxygen atoms in total. The van der Waals surface area contributed by atoms with Crippen LogP contribution in [0.3, 0.4) is 0 Å². The van der Waals surface area contributed by atoms with Crippen LogP contribution in [-0.4, -0.2) is 33.5 Å². The Labute approximate surface area is 196 Å². The molecular weight excluding hydrogens is 434 g/mol. The van der Waals surface area contributed by atoms with Gasteiger partial charge in [0.25, 0.3) is 5.91 Å². The van der Waals surface area contributed by atoms with Crippen LogP contribution in [0.15, 0.2) is 71.8 Å². The standard InChI is InChI=1S/C25H23N5O2S/c26-14-18-13-21(24(32)28-19-9-5-2-6-10-19)23(27)29-25(18)33-16-22(31)30(20-11-12-20)15-17-7-3-1-4-8-17/h1-10,13,20H,11-12,15-16H2,(H2,27,29)(H,28,32). The van der Waals surface area contributed by atoms with Crippen molar-refractivity contribution in [3.63, 3.8) is 0 Å². The van der Waals surface area contributed by atoms with E-state index >= 15 is 0 Å². The molecule has 8 heteroatoms. The van der Waals surface area contributed by atoms with Gasteiger partial charge in [-0.25, -0.2) is 4.98 Å². The molecule has 33 heavy (non-hydrogen) atoms. The number of anilines is 2. The van der Waals surface area contributed by atoms with Crippen LogP contribution in [0.1, 0.15) is 34.3 Å². The van der Waals surface area contributed by atoms with Crippen LogP contribution < -0.4 is 11.1 Å². The van der Waals surface area contributed by atoms with E-state index in [1.165, 1.54) is 17.8 Å². The number of hydrogen-bond acceptors (Lipinski definition) is 6. The number of carbonyl (C=O) groups is 2. The Morgan fingerprint density at radius 2 is 1.79 bits per heavy atom. The molecule has 3 aromatic rings. The number of nitrogen functional groups attached to an aromatic ring is 1. The summed E-state index contributed by atoms with van der Waals surface area (Å²) in [4.78, 5) is 31.7. The van der Waals surface area contributed by atoms with Crippen LogP contribution in [0.5, 0.6) is 0 Å². The van der Waals surface area contributed by atoms with Crippen LogP contribution >= 0.6 is 11.8 Å². The van der Waals surface area contributed by atoms with Crippen molar-refractivity contribution in [2.45, 2.75) is 30.5 Å². The molecule has 0 spiro atoms. The predicted molar refractivity (Wildman–Crippen MR) is 128 cm³/mol. The second-order valence-corrected chi connectivity index (χ2v) is 8.70. The number of nitrogens with zero attached hydrogens (tertiary/aromatic N) is 3. The first kappa shape index (κ1) is 22.4. The summed E-state index contributed by atoms with van der Waals surface area (Å²) in [5, 5.41) is 12.7. The number of carbonyl (C=O) groups excluding carboxylic acids is 2. The lowest BCUT2D eigenvalue weighted by Crippen LogP contribution is -2.34. The SMILES string of the molecule is N#Cc1cc(C(=O)Nc2ccccc2)c(N)nc1SCC(=O)N(Cc1ccccc1)C1CC1. The molecule has 1 heterocycles. The summed E-state index contributed by atoms with van der Waals surface area (Å²) in [6, 6.07) is 22.6. The van der Waals surface area contributed by atoms with Gasteiger partial charge in [0.2, 0.25) is 5.91 Å². The lowest BCUT2D eigenvalue weighted by molar-refractivity contribution is -0.129. The summed E-state index contributed by atoms with van der Waals surface area (Å²) in [5.74, 6) is -0.305. The Hall–Kier alpha value is -3.83. The first-order valence-electron chi connectivity index (χ1n) is 10.6. The number of nitrogens with one attached hydrogen (secondary N) is 1. The van der Waals surface area contributed by atoms with Crippen molar-refractivity contribution in [1.82, 2.24) is 9.88 Å². The maximum absolute atomic E-state index is 13.0. The zero-order valence-corrected chi connectivity index (χ0v) is 18.7. The number of nitriles is 1. The topological polar surface area (TPSA) is 112 Å². The van der Waals surface area contributed by atoms with Gasteiger partial charge in [0.15, 0.2) is 0 Å². The summed E-state index contributed by atoms with van der Waals surface area (Å²) >= 11 is 1.17. The van der Waals surface area contributed by atoms with Gasteiger partial charge in [0, 0.05) is 18.3 Å². The quantitative estimate of drug-likeness (QED) is 0.493. The highest BCUT2D eigenvalue weighted by Crippen LogP contribution is 2.31. The Morgan fingerprint density at radius 3 is 2.42 bits per heavy atom. The number of nitrogens with two attached hydrogens (primary N) is 1. The first-order valence-corrected chi connectivity index (χ1v) is 11.6. The molecule has 0 radical (unpaired) electrons. The fraction of sp³-hybridized carbons (Fsp3) is 0.200. The van der Waals surface area contributed by atoms with Gasteiger partial charge in [-0.2, -0.15) is 5.26 Å². The Kier molecular flexibility index (Phi) is 6.91. The molecule has 1 fully saturated rings. The van der Waals surface area contributed by atoms with Gasteiger partial charge in [-0.3, -0.25) is 9.59 Å². The van der Waals surface area contributed by atoms with E-state index in [4.69, 9.17) is 5.73 Å². The van der Waals surface area contributed by atoms with Gasteiger partial charge in [-0.15, -0.1) is 0 Å². The molecule has 1 saturated carbocycles. The minimum atomic E-state index is -0.446. The normalized spacial score (nSPS) is 12.6. The lowest BCUT2D eigenvalue weighted by atomic mass is 10.2. The molecule has 2 aromatic carbocycles. The highest BCUT2D eigenvalue weighted by Gasteiger charge is 2.32. The molecule has 1 aromatic heterocycles. The number of amides is 2. The summed E-state index contributed by atoms with van der Waals surface area (Å²) in [5.41, 5.74) is 8.06. The second-order valence-electron chi connectivity index (χ2n) is 7.73. The van der Waals surface area contributed by atoms with E-state index in [1.807, 2.05) is 41.3 Å². The number of aromatic nitrogens is 1. The molecule has 0 atom stereocenters.